The predicted octanol–water partition coefficient (Wildman–Crippen LogP) is 6.35. The molecular weight excluding hydrogens is 484 g/mol. The van der Waals surface area contributed by atoms with Crippen LogP contribution in [0, 0.1) is 22.7 Å². The van der Waals surface area contributed by atoms with Gasteiger partial charge in [0.05, 0.1) is 5.56 Å². The van der Waals surface area contributed by atoms with Crippen LogP contribution in [0.15, 0.2) is 54.1 Å². The molecule has 0 aliphatic heterocycles. The molecule has 0 saturated carbocycles. The largest absolute Gasteiger partial charge is 0.481 e. The Morgan fingerprint density at radius 1 is 1.03 bits per heavy atom. The molecule has 0 radical (unpaired) electrons. The molecule has 0 aliphatic rings. The fourth-order valence-electron chi connectivity index (χ4n) is 4.51. The van der Waals surface area contributed by atoms with Crippen molar-refractivity contribution < 1.29 is 14.7 Å². The molecule has 2 N–H and O–H groups in total. The second-order valence-electron chi connectivity index (χ2n) is 8.63. The quantitative estimate of drug-likeness (QED) is 0.190. The van der Waals surface area contributed by atoms with Gasteiger partial charge in [0.25, 0.3) is 5.91 Å². The van der Waals surface area contributed by atoms with E-state index in [4.69, 9.17) is 5.11 Å². The molecule has 0 fully saturated rings. The summed E-state index contributed by atoms with van der Waals surface area (Å²) in [5, 5.41) is 32.3. The number of nitrogens with one attached hydrogen (secondary N) is 1. The molecule has 0 aliphatic carbocycles. The number of nitriles is 2. The van der Waals surface area contributed by atoms with Gasteiger partial charge < -0.3 is 15.0 Å². The van der Waals surface area contributed by atoms with Crippen LogP contribution < -0.4 is 5.32 Å². The average Bonchev–Trinajstić information content (AvgIpc) is 3.47. The second kappa shape index (κ2) is 11.6. The van der Waals surface area contributed by atoms with Crippen LogP contribution in [-0.4, -0.2) is 28.1 Å². The predicted molar refractivity (Wildman–Crippen MR) is 146 cm³/mol. The molecule has 186 valence electrons. The molecule has 0 unspecified atom stereocenters. The van der Waals surface area contributed by atoms with Crippen LogP contribution in [0.4, 0.5) is 0 Å². The minimum absolute atomic E-state index is 0.0281. The molecule has 0 bridgehead atoms. The Bertz CT molecular complexity index is 1580. The van der Waals surface area contributed by atoms with E-state index in [-0.39, 0.29) is 17.9 Å². The fraction of sp³-hybridized carbons (Fsp3) is 0.241. The first-order valence-electron chi connectivity index (χ1n) is 12.1. The Hall–Kier alpha value is -4.40. The molecule has 8 heteroatoms. The zero-order valence-corrected chi connectivity index (χ0v) is 21.3. The van der Waals surface area contributed by atoms with E-state index in [0.29, 0.717) is 36.2 Å². The number of fused-ring (bicyclic) bond motifs is 3. The number of allylic oxidation sites excluding steroid dienone is 1. The lowest BCUT2D eigenvalue weighted by molar-refractivity contribution is -0.137. The van der Waals surface area contributed by atoms with E-state index in [1.165, 1.54) is 17.4 Å². The first kappa shape index (κ1) is 25.7. The van der Waals surface area contributed by atoms with Gasteiger partial charge in [0.15, 0.2) is 0 Å². The third-order valence-electron chi connectivity index (χ3n) is 6.23. The number of aryl methyl sites for hydroxylation is 1. The highest BCUT2D eigenvalue weighted by molar-refractivity contribution is 7.16. The summed E-state index contributed by atoms with van der Waals surface area (Å²) in [7, 11) is 0. The van der Waals surface area contributed by atoms with Crippen LogP contribution in [0.25, 0.3) is 38.3 Å². The summed E-state index contributed by atoms with van der Waals surface area (Å²) >= 11 is 1.37. The van der Waals surface area contributed by atoms with E-state index < -0.39 is 5.97 Å². The van der Waals surface area contributed by atoms with Crippen molar-refractivity contribution in [3.63, 3.8) is 0 Å². The van der Waals surface area contributed by atoms with Gasteiger partial charge in [0, 0.05) is 51.1 Å². The normalized spacial score (nSPS) is 10.7. The maximum Gasteiger partial charge on any atom is 0.303 e. The SMILES string of the molecule is CCn1c2ccccc2c2cc(-c3sc(C=C(C#N)C#N)cc3C(=O)NCCCCCC(=O)O)ccc21. The number of unbranched alkanes of at least 4 members (excludes halogenated alkanes) is 2. The van der Waals surface area contributed by atoms with Crippen molar-refractivity contribution in [3.8, 4) is 22.6 Å². The Labute approximate surface area is 218 Å². The first-order valence-corrected chi connectivity index (χ1v) is 13.0. The number of carbonyl (C=O) groups excluding carboxylic acids is 1. The molecule has 2 heterocycles. The summed E-state index contributed by atoms with van der Waals surface area (Å²) in [5.74, 6) is -1.06. The van der Waals surface area contributed by atoms with Crippen molar-refractivity contribution >= 4 is 51.1 Å². The van der Waals surface area contributed by atoms with Crippen LogP contribution in [0.1, 0.15) is 47.8 Å². The Morgan fingerprint density at radius 2 is 1.78 bits per heavy atom. The van der Waals surface area contributed by atoms with Crippen molar-refractivity contribution in [3.05, 3.63) is 64.5 Å². The third kappa shape index (κ3) is 5.55. The number of benzene rings is 2. The zero-order chi connectivity index (χ0) is 26.4. The molecule has 4 rings (SSSR count). The van der Waals surface area contributed by atoms with Gasteiger partial charge in [0.2, 0.25) is 0 Å². The summed E-state index contributed by atoms with van der Waals surface area (Å²) in [4.78, 5) is 25.3. The number of aliphatic carboxylic acids is 1. The minimum Gasteiger partial charge on any atom is -0.481 e. The highest BCUT2D eigenvalue weighted by Crippen LogP contribution is 2.38. The number of amides is 1. The van der Waals surface area contributed by atoms with Gasteiger partial charge in [-0.3, -0.25) is 9.59 Å². The first-order chi connectivity index (χ1) is 18.0. The Kier molecular flexibility index (Phi) is 8.02. The van der Waals surface area contributed by atoms with Crippen LogP contribution in [0.2, 0.25) is 0 Å². The van der Waals surface area contributed by atoms with Crippen LogP contribution >= 0.6 is 11.3 Å². The van der Waals surface area contributed by atoms with E-state index in [1.807, 2.05) is 30.3 Å². The lowest BCUT2D eigenvalue weighted by Crippen LogP contribution is -2.24. The maximum absolute atomic E-state index is 13.2. The second-order valence-corrected chi connectivity index (χ2v) is 9.71. The van der Waals surface area contributed by atoms with Gasteiger partial charge in [-0.05, 0) is 55.7 Å². The average molecular weight is 511 g/mol. The summed E-state index contributed by atoms with van der Waals surface area (Å²) < 4.78 is 2.27. The summed E-state index contributed by atoms with van der Waals surface area (Å²) in [5.41, 5.74) is 3.61. The molecule has 0 spiro atoms. The number of carboxylic acids is 1. The van der Waals surface area contributed by atoms with Gasteiger partial charge in [-0.2, -0.15) is 10.5 Å². The molecule has 7 nitrogen and oxygen atoms in total. The lowest BCUT2D eigenvalue weighted by atomic mass is 10.0. The van der Waals surface area contributed by atoms with E-state index in [0.717, 1.165) is 38.8 Å². The van der Waals surface area contributed by atoms with Crippen molar-refractivity contribution in [2.45, 2.75) is 39.2 Å². The van der Waals surface area contributed by atoms with E-state index >= 15 is 0 Å². The smallest absolute Gasteiger partial charge is 0.303 e. The zero-order valence-electron chi connectivity index (χ0n) is 20.5. The fourth-order valence-corrected chi connectivity index (χ4v) is 5.60. The Balaban J connectivity index is 1.70. The molecule has 4 aromatic rings. The van der Waals surface area contributed by atoms with Gasteiger partial charge in [0.1, 0.15) is 17.7 Å². The van der Waals surface area contributed by atoms with Gasteiger partial charge in [-0.25, -0.2) is 0 Å². The molecule has 2 aromatic carbocycles. The number of carbonyl (C=O) groups is 2. The number of rotatable bonds is 10. The number of thiophene rings is 1. The topological polar surface area (TPSA) is 119 Å². The highest BCUT2D eigenvalue weighted by atomic mass is 32.1. The summed E-state index contributed by atoms with van der Waals surface area (Å²) in [6, 6.07) is 19.9. The molecule has 37 heavy (non-hydrogen) atoms. The number of hydrogen-bond donors (Lipinski definition) is 2. The third-order valence-corrected chi connectivity index (χ3v) is 7.36. The van der Waals surface area contributed by atoms with Crippen LogP contribution in [0.3, 0.4) is 0 Å². The summed E-state index contributed by atoms with van der Waals surface area (Å²) in [6.07, 6.45) is 3.58. The molecular formula is C29H26N4O3S. The maximum atomic E-state index is 13.2. The van der Waals surface area contributed by atoms with Crippen molar-refractivity contribution in [2.75, 3.05) is 6.54 Å². The monoisotopic (exact) mass is 510 g/mol. The van der Waals surface area contributed by atoms with Crippen molar-refractivity contribution in [1.29, 1.82) is 10.5 Å². The van der Waals surface area contributed by atoms with E-state index in [1.54, 1.807) is 6.07 Å². The van der Waals surface area contributed by atoms with Gasteiger partial charge in [-0.1, -0.05) is 30.7 Å². The van der Waals surface area contributed by atoms with E-state index in [9.17, 15) is 20.1 Å². The van der Waals surface area contributed by atoms with Crippen molar-refractivity contribution in [1.82, 2.24) is 9.88 Å². The lowest BCUT2D eigenvalue weighted by Gasteiger charge is -2.07. The van der Waals surface area contributed by atoms with Gasteiger partial charge >= 0.3 is 5.97 Å². The van der Waals surface area contributed by atoms with Crippen LogP contribution in [0.5, 0.6) is 0 Å². The molecule has 1 amide bonds. The molecule has 0 atom stereocenters. The number of nitrogens with zero attached hydrogens (tertiary/aromatic N) is 3. The number of para-hydroxylation sites is 1. The van der Waals surface area contributed by atoms with Crippen LogP contribution in [-0.2, 0) is 11.3 Å². The van der Waals surface area contributed by atoms with Crippen molar-refractivity contribution in [2.24, 2.45) is 0 Å². The number of carboxylic acid groups (broad SMARTS) is 1. The van der Waals surface area contributed by atoms with Gasteiger partial charge in [-0.15, -0.1) is 11.3 Å². The molecule has 0 saturated heterocycles. The Morgan fingerprint density at radius 3 is 2.51 bits per heavy atom. The number of aromatic nitrogens is 1. The van der Waals surface area contributed by atoms with E-state index in [2.05, 4.69) is 41.1 Å². The molecule has 2 aromatic heterocycles. The summed E-state index contributed by atoms with van der Waals surface area (Å²) in [6.45, 7) is 3.38. The standard InChI is InChI=1S/C29H26N4O3S/c1-2-33-25-9-6-5-8-22(25)23-15-20(11-12-26(23)33)28-24(16-21(37-28)14-19(17-30)18-31)29(36)32-13-7-3-4-10-27(34)35/h5-6,8-9,11-12,14-16H,2-4,7,10,13H2,1H3,(H,32,36)(H,34,35). The highest BCUT2D eigenvalue weighted by Gasteiger charge is 2.19. The number of hydrogen-bond acceptors (Lipinski definition) is 5. The minimum atomic E-state index is -0.819.